The number of hydrogen-bond donors (Lipinski definition) is 2. The Balaban J connectivity index is 1.41. The van der Waals surface area contributed by atoms with Crippen LogP contribution >= 0.6 is 0 Å². The van der Waals surface area contributed by atoms with Crippen molar-refractivity contribution >= 4 is 5.69 Å². The lowest BCUT2D eigenvalue weighted by atomic mass is 10.1. The minimum atomic E-state index is 1.03. The van der Waals surface area contributed by atoms with Gasteiger partial charge in [0.15, 0.2) is 0 Å². The molecule has 1 fully saturated rings. The van der Waals surface area contributed by atoms with Gasteiger partial charge < -0.3 is 9.80 Å². The molecular formula is C21H25N4+. The molecule has 1 aliphatic heterocycles. The Labute approximate surface area is 149 Å². The molecule has 0 amide bonds. The summed E-state index contributed by atoms with van der Waals surface area (Å²) in [6.07, 6.45) is 1.99. The van der Waals surface area contributed by atoms with Gasteiger partial charge in [0.05, 0.1) is 43.6 Å². The maximum absolute atomic E-state index is 4.30. The normalized spacial score (nSPS) is 15.5. The van der Waals surface area contributed by atoms with E-state index in [1.165, 1.54) is 22.4 Å². The molecule has 1 saturated heterocycles. The number of nitrogens with one attached hydrogen (secondary N) is 2. The Bertz CT molecular complexity index is 799. The molecule has 0 bridgehead atoms. The molecule has 0 spiro atoms. The van der Waals surface area contributed by atoms with E-state index in [-0.39, 0.29) is 0 Å². The van der Waals surface area contributed by atoms with Crippen LogP contribution in [0.4, 0.5) is 5.69 Å². The fraction of sp³-hybridized carbons (Fsp3) is 0.286. The number of quaternary nitrogens is 1. The molecule has 25 heavy (non-hydrogen) atoms. The molecule has 1 aromatic heterocycles. The smallest absolute Gasteiger partial charge is 0.107 e. The van der Waals surface area contributed by atoms with Gasteiger partial charge in [0.25, 0.3) is 0 Å². The predicted molar refractivity (Wildman–Crippen MR) is 102 cm³/mol. The van der Waals surface area contributed by atoms with Crippen molar-refractivity contribution < 1.29 is 4.90 Å². The van der Waals surface area contributed by atoms with Crippen molar-refractivity contribution in [2.75, 3.05) is 31.1 Å². The number of rotatable bonds is 4. The molecule has 2 heterocycles. The lowest BCUT2D eigenvalue weighted by Crippen LogP contribution is -3.13. The Hall–Kier alpha value is -2.59. The van der Waals surface area contributed by atoms with Gasteiger partial charge in [-0.05, 0) is 19.1 Å². The Kier molecular flexibility index (Phi) is 4.53. The summed E-state index contributed by atoms with van der Waals surface area (Å²) in [5, 5.41) is 7.49. The molecule has 0 unspecified atom stereocenters. The molecule has 0 radical (unpaired) electrons. The zero-order chi connectivity index (χ0) is 17.1. The maximum Gasteiger partial charge on any atom is 0.107 e. The van der Waals surface area contributed by atoms with Crippen LogP contribution in [0.5, 0.6) is 0 Å². The van der Waals surface area contributed by atoms with E-state index in [0.717, 1.165) is 38.4 Å². The van der Waals surface area contributed by atoms with E-state index in [4.69, 9.17) is 0 Å². The second-order valence-electron chi connectivity index (χ2n) is 6.89. The van der Waals surface area contributed by atoms with Crippen LogP contribution in [-0.2, 0) is 6.54 Å². The van der Waals surface area contributed by atoms with Crippen molar-refractivity contribution in [3.8, 4) is 11.3 Å². The molecule has 2 aromatic carbocycles. The first-order chi connectivity index (χ1) is 12.3. The largest absolute Gasteiger partial charge is 0.360 e. The second-order valence-corrected chi connectivity index (χ2v) is 6.89. The fourth-order valence-electron chi connectivity index (χ4n) is 3.58. The van der Waals surface area contributed by atoms with Crippen LogP contribution in [0.25, 0.3) is 11.3 Å². The Morgan fingerprint density at radius 2 is 1.72 bits per heavy atom. The lowest BCUT2D eigenvalue weighted by molar-refractivity contribution is -0.914. The van der Waals surface area contributed by atoms with E-state index in [1.807, 2.05) is 6.20 Å². The highest BCUT2D eigenvalue weighted by atomic mass is 15.3. The van der Waals surface area contributed by atoms with E-state index in [0.29, 0.717) is 0 Å². The Morgan fingerprint density at radius 1 is 1.00 bits per heavy atom. The first-order valence-corrected chi connectivity index (χ1v) is 9.02. The van der Waals surface area contributed by atoms with Gasteiger partial charge in [0.1, 0.15) is 6.54 Å². The van der Waals surface area contributed by atoms with Crippen molar-refractivity contribution in [2.45, 2.75) is 13.5 Å². The summed E-state index contributed by atoms with van der Waals surface area (Å²) in [6, 6.07) is 19.4. The number of aromatic nitrogens is 2. The van der Waals surface area contributed by atoms with Gasteiger partial charge >= 0.3 is 0 Å². The minimum absolute atomic E-state index is 1.03. The maximum atomic E-state index is 4.30. The van der Waals surface area contributed by atoms with Gasteiger partial charge in [-0.2, -0.15) is 5.10 Å². The van der Waals surface area contributed by atoms with Crippen LogP contribution in [0.3, 0.4) is 0 Å². The van der Waals surface area contributed by atoms with Crippen molar-refractivity contribution in [3.63, 3.8) is 0 Å². The average Bonchev–Trinajstić information content (AvgIpc) is 3.12. The number of aryl methyl sites for hydroxylation is 1. The van der Waals surface area contributed by atoms with Gasteiger partial charge in [-0.25, -0.2) is 0 Å². The van der Waals surface area contributed by atoms with Crippen LogP contribution < -0.4 is 9.80 Å². The number of benzene rings is 2. The molecule has 0 atom stereocenters. The third-order valence-corrected chi connectivity index (χ3v) is 5.09. The summed E-state index contributed by atoms with van der Waals surface area (Å²) in [4.78, 5) is 4.11. The van der Waals surface area contributed by atoms with E-state index < -0.39 is 0 Å². The molecule has 4 rings (SSSR count). The fourth-order valence-corrected chi connectivity index (χ4v) is 3.58. The minimum Gasteiger partial charge on any atom is -0.360 e. The van der Waals surface area contributed by atoms with Gasteiger partial charge in [0, 0.05) is 11.3 Å². The predicted octanol–water partition coefficient (Wildman–Crippen LogP) is 2.29. The number of H-pyrrole nitrogens is 1. The number of nitrogens with zero attached hydrogens (tertiary/aromatic N) is 2. The summed E-state index contributed by atoms with van der Waals surface area (Å²) in [5.41, 5.74) is 6.32. The van der Waals surface area contributed by atoms with Gasteiger partial charge in [-0.3, -0.25) is 5.10 Å². The van der Waals surface area contributed by atoms with Crippen LogP contribution in [0, 0.1) is 6.92 Å². The van der Waals surface area contributed by atoms with E-state index in [1.54, 1.807) is 4.90 Å². The lowest BCUT2D eigenvalue weighted by Gasteiger charge is -2.33. The zero-order valence-electron chi connectivity index (χ0n) is 14.7. The molecule has 4 nitrogen and oxygen atoms in total. The SMILES string of the molecule is Cc1ccc(-c2[nH]ncc2C[NH+]2CCN(c3ccccc3)CC2)cc1. The molecule has 128 valence electrons. The first-order valence-electron chi connectivity index (χ1n) is 9.02. The van der Waals surface area contributed by atoms with E-state index in [2.05, 4.69) is 76.6 Å². The highest BCUT2D eigenvalue weighted by Gasteiger charge is 2.22. The number of para-hydroxylation sites is 1. The topological polar surface area (TPSA) is 36.4 Å². The van der Waals surface area contributed by atoms with E-state index in [9.17, 15) is 0 Å². The van der Waals surface area contributed by atoms with Gasteiger partial charge in [0.2, 0.25) is 0 Å². The van der Waals surface area contributed by atoms with Crippen LogP contribution in [0.2, 0.25) is 0 Å². The quantitative estimate of drug-likeness (QED) is 0.769. The van der Waals surface area contributed by atoms with Crippen LogP contribution in [0.1, 0.15) is 11.1 Å². The van der Waals surface area contributed by atoms with Crippen molar-refractivity contribution in [1.82, 2.24) is 10.2 Å². The molecule has 3 aromatic rings. The molecule has 4 heteroatoms. The third-order valence-electron chi connectivity index (χ3n) is 5.09. The molecule has 2 N–H and O–H groups in total. The van der Waals surface area contributed by atoms with Crippen molar-refractivity contribution in [3.05, 3.63) is 71.9 Å². The molecular weight excluding hydrogens is 308 g/mol. The second kappa shape index (κ2) is 7.11. The average molecular weight is 333 g/mol. The molecule has 0 aliphatic carbocycles. The van der Waals surface area contributed by atoms with Crippen molar-refractivity contribution in [2.24, 2.45) is 0 Å². The number of piperazine rings is 1. The summed E-state index contributed by atoms with van der Waals surface area (Å²) in [7, 11) is 0. The first kappa shape index (κ1) is 15.9. The molecule has 1 aliphatic rings. The van der Waals surface area contributed by atoms with Gasteiger partial charge in [-0.15, -0.1) is 0 Å². The molecule has 0 saturated carbocycles. The zero-order valence-corrected chi connectivity index (χ0v) is 14.7. The number of anilines is 1. The summed E-state index contributed by atoms with van der Waals surface area (Å²) >= 11 is 0. The number of hydrogen-bond acceptors (Lipinski definition) is 2. The summed E-state index contributed by atoms with van der Waals surface area (Å²) in [5.74, 6) is 0. The van der Waals surface area contributed by atoms with Gasteiger partial charge in [-0.1, -0.05) is 48.0 Å². The van der Waals surface area contributed by atoms with Crippen molar-refractivity contribution in [1.29, 1.82) is 0 Å². The van der Waals surface area contributed by atoms with Crippen LogP contribution in [-0.4, -0.2) is 36.4 Å². The van der Waals surface area contributed by atoms with Crippen LogP contribution in [0.15, 0.2) is 60.8 Å². The standard InChI is InChI=1S/C21H24N4/c1-17-7-9-18(10-8-17)21-19(15-22-23-21)16-24-11-13-25(14-12-24)20-5-3-2-4-6-20/h2-10,15H,11-14,16H2,1H3,(H,22,23)/p+1. The summed E-state index contributed by atoms with van der Waals surface area (Å²) < 4.78 is 0. The summed E-state index contributed by atoms with van der Waals surface area (Å²) in [6.45, 7) is 7.69. The highest BCUT2D eigenvalue weighted by Crippen LogP contribution is 2.21. The number of aromatic amines is 1. The Morgan fingerprint density at radius 3 is 2.44 bits per heavy atom. The highest BCUT2D eigenvalue weighted by molar-refractivity contribution is 5.62. The van der Waals surface area contributed by atoms with E-state index >= 15 is 0 Å². The monoisotopic (exact) mass is 333 g/mol. The third kappa shape index (κ3) is 3.59.